The van der Waals surface area contributed by atoms with E-state index < -0.39 is 6.10 Å². The Morgan fingerprint density at radius 2 is 1.87 bits per heavy atom. The number of rotatable bonds is 5. The molecule has 0 spiro atoms. The van der Waals surface area contributed by atoms with E-state index >= 15 is 0 Å². The molecule has 0 bridgehead atoms. The predicted molar refractivity (Wildman–Crippen MR) is 86.3 cm³/mol. The quantitative estimate of drug-likeness (QED) is 0.860. The largest absolute Gasteiger partial charge is 0.481 e. The van der Waals surface area contributed by atoms with Gasteiger partial charge >= 0.3 is 0 Å². The van der Waals surface area contributed by atoms with Gasteiger partial charge in [0.05, 0.1) is 11.6 Å². The number of nitrogens with zero attached hydrogens (tertiary/aromatic N) is 1. The molecule has 0 saturated heterocycles. The fraction of sp³-hybridized carbons (Fsp3) is 0.167. The molecule has 2 rings (SSSR count). The lowest BCUT2D eigenvalue weighted by Crippen LogP contribution is -2.30. The zero-order chi connectivity index (χ0) is 16.8. The summed E-state index contributed by atoms with van der Waals surface area (Å²) in [4.78, 5) is 23.5. The monoisotopic (exact) mass is 308 g/mol. The van der Waals surface area contributed by atoms with Crippen LogP contribution in [0.5, 0.6) is 5.75 Å². The SMILES string of the molecule is CC(=O)c1cccc(OC(C)C(=O)Nc2ccc(C#N)cc2)c1. The first-order chi connectivity index (χ1) is 11.0. The molecule has 116 valence electrons. The van der Waals surface area contributed by atoms with Crippen molar-refractivity contribution in [3.8, 4) is 11.8 Å². The Morgan fingerprint density at radius 3 is 2.48 bits per heavy atom. The van der Waals surface area contributed by atoms with E-state index in [1.165, 1.54) is 6.92 Å². The summed E-state index contributed by atoms with van der Waals surface area (Å²) < 4.78 is 5.57. The van der Waals surface area contributed by atoms with Gasteiger partial charge in [0.1, 0.15) is 5.75 Å². The molecule has 2 aromatic carbocycles. The highest BCUT2D eigenvalue weighted by Crippen LogP contribution is 2.16. The van der Waals surface area contributed by atoms with Crippen LogP contribution in [-0.2, 0) is 4.79 Å². The van der Waals surface area contributed by atoms with E-state index in [9.17, 15) is 9.59 Å². The highest BCUT2D eigenvalue weighted by molar-refractivity contribution is 5.95. The average Bonchev–Trinajstić information content (AvgIpc) is 2.55. The number of hydrogen-bond donors (Lipinski definition) is 1. The van der Waals surface area contributed by atoms with Gasteiger partial charge in [0.25, 0.3) is 5.91 Å². The van der Waals surface area contributed by atoms with E-state index in [0.717, 1.165) is 0 Å². The molecule has 0 aliphatic rings. The Morgan fingerprint density at radius 1 is 1.17 bits per heavy atom. The van der Waals surface area contributed by atoms with E-state index in [1.807, 2.05) is 6.07 Å². The Kier molecular flexibility index (Phi) is 5.11. The highest BCUT2D eigenvalue weighted by atomic mass is 16.5. The van der Waals surface area contributed by atoms with Gasteiger partial charge in [0, 0.05) is 11.3 Å². The van der Waals surface area contributed by atoms with Crippen molar-refractivity contribution >= 4 is 17.4 Å². The minimum atomic E-state index is -0.729. The van der Waals surface area contributed by atoms with Crippen LogP contribution in [0.15, 0.2) is 48.5 Å². The topological polar surface area (TPSA) is 79.2 Å². The highest BCUT2D eigenvalue weighted by Gasteiger charge is 2.15. The average molecular weight is 308 g/mol. The number of nitriles is 1. The lowest BCUT2D eigenvalue weighted by atomic mass is 10.1. The summed E-state index contributed by atoms with van der Waals surface area (Å²) in [5.74, 6) is 0.0771. The molecular formula is C18H16N2O3. The summed E-state index contributed by atoms with van der Waals surface area (Å²) >= 11 is 0. The minimum Gasteiger partial charge on any atom is -0.481 e. The maximum atomic E-state index is 12.1. The van der Waals surface area contributed by atoms with E-state index in [-0.39, 0.29) is 11.7 Å². The lowest BCUT2D eigenvalue weighted by Gasteiger charge is -2.15. The first-order valence-corrected chi connectivity index (χ1v) is 7.08. The molecule has 0 aliphatic carbocycles. The van der Waals surface area contributed by atoms with Crippen LogP contribution in [0, 0.1) is 11.3 Å². The standard InChI is InChI=1S/C18H16N2O3/c1-12(21)15-4-3-5-17(10-15)23-13(2)18(22)20-16-8-6-14(11-19)7-9-16/h3-10,13H,1-2H3,(H,20,22). The minimum absolute atomic E-state index is 0.0647. The van der Waals surface area contributed by atoms with Gasteiger partial charge in [0.15, 0.2) is 11.9 Å². The van der Waals surface area contributed by atoms with E-state index in [2.05, 4.69) is 5.32 Å². The smallest absolute Gasteiger partial charge is 0.265 e. The van der Waals surface area contributed by atoms with Crippen LogP contribution in [0.3, 0.4) is 0 Å². The Labute approximate surface area is 134 Å². The van der Waals surface area contributed by atoms with E-state index in [1.54, 1.807) is 55.5 Å². The number of ketones is 1. The zero-order valence-corrected chi connectivity index (χ0v) is 12.9. The lowest BCUT2D eigenvalue weighted by molar-refractivity contribution is -0.122. The third-order valence-electron chi connectivity index (χ3n) is 3.20. The molecule has 23 heavy (non-hydrogen) atoms. The molecule has 5 heteroatoms. The molecule has 0 aliphatic heterocycles. The molecule has 0 saturated carbocycles. The molecule has 0 radical (unpaired) electrons. The normalized spacial score (nSPS) is 11.2. The van der Waals surface area contributed by atoms with E-state index in [0.29, 0.717) is 22.6 Å². The maximum absolute atomic E-state index is 12.1. The summed E-state index contributed by atoms with van der Waals surface area (Å²) in [5.41, 5.74) is 1.64. The van der Waals surface area contributed by atoms with Crippen LogP contribution in [-0.4, -0.2) is 17.8 Å². The van der Waals surface area contributed by atoms with Gasteiger partial charge in [-0.1, -0.05) is 12.1 Å². The number of carbonyl (C=O) groups is 2. The molecule has 2 aromatic rings. The van der Waals surface area contributed by atoms with Crippen molar-refractivity contribution in [1.82, 2.24) is 0 Å². The first kappa shape index (κ1) is 16.2. The van der Waals surface area contributed by atoms with Crippen molar-refractivity contribution in [3.63, 3.8) is 0 Å². The van der Waals surface area contributed by atoms with Gasteiger partial charge in [-0.15, -0.1) is 0 Å². The Hall–Kier alpha value is -3.13. The van der Waals surface area contributed by atoms with Crippen molar-refractivity contribution in [2.75, 3.05) is 5.32 Å². The molecule has 1 amide bonds. The van der Waals surface area contributed by atoms with Gasteiger partial charge in [-0.05, 0) is 50.2 Å². The maximum Gasteiger partial charge on any atom is 0.265 e. The fourth-order valence-corrected chi connectivity index (χ4v) is 1.92. The molecule has 0 fully saturated rings. The summed E-state index contributed by atoms with van der Waals surface area (Å²) in [6, 6.07) is 15.3. The number of carbonyl (C=O) groups excluding carboxylic acids is 2. The Balaban J connectivity index is 2.00. The summed E-state index contributed by atoms with van der Waals surface area (Å²) in [5, 5.41) is 11.5. The van der Waals surface area contributed by atoms with Crippen LogP contribution in [0.4, 0.5) is 5.69 Å². The molecule has 1 unspecified atom stereocenters. The number of anilines is 1. The third kappa shape index (κ3) is 4.42. The van der Waals surface area contributed by atoms with Gasteiger partial charge in [-0.25, -0.2) is 0 Å². The Bertz CT molecular complexity index is 761. The van der Waals surface area contributed by atoms with Crippen LogP contribution in [0.25, 0.3) is 0 Å². The van der Waals surface area contributed by atoms with Gasteiger partial charge in [-0.2, -0.15) is 5.26 Å². The van der Waals surface area contributed by atoms with Crippen molar-refractivity contribution in [2.24, 2.45) is 0 Å². The first-order valence-electron chi connectivity index (χ1n) is 7.08. The fourth-order valence-electron chi connectivity index (χ4n) is 1.92. The second kappa shape index (κ2) is 7.23. The molecule has 0 aromatic heterocycles. The third-order valence-corrected chi connectivity index (χ3v) is 3.20. The van der Waals surface area contributed by atoms with Crippen LogP contribution < -0.4 is 10.1 Å². The van der Waals surface area contributed by atoms with Crippen molar-refractivity contribution < 1.29 is 14.3 Å². The van der Waals surface area contributed by atoms with Crippen LogP contribution >= 0.6 is 0 Å². The zero-order valence-electron chi connectivity index (χ0n) is 12.9. The molecule has 5 nitrogen and oxygen atoms in total. The summed E-state index contributed by atoms with van der Waals surface area (Å²) in [6.45, 7) is 3.10. The number of nitrogens with one attached hydrogen (secondary N) is 1. The number of hydrogen-bond acceptors (Lipinski definition) is 4. The van der Waals surface area contributed by atoms with Crippen LogP contribution in [0.2, 0.25) is 0 Å². The number of amides is 1. The molecular weight excluding hydrogens is 292 g/mol. The van der Waals surface area contributed by atoms with Gasteiger partial charge < -0.3 is 10.1 Å². The molecule has 1 atom stereocenters. The second-order valence-electron chi connectivity index (χ2n) is 5.02. The van der Waals surface area contributed by atoms with Crippen molar-refractivity contribution in [1.29, 1.82) is 5.26 Å². The van der Waals surface area contributed by atoms with Crippen molar-refractivity contribution in [2.45, 2.75) is 20.0 Å². The summed E-state index contributed by atoms with van der Waals surface area (Å²) in [6.07, 6.45) is -0.729. The molecule has 0 heterocycles. The number of ether oxygens (including phenoxy) is 1. The van der Waals surface area contributed by atoms with Gasteiger partial charge in [0.2, 0.25) is 0 Å². The van der Waals surface area contributed by atoms with E-state index in [4.69, 9.17) is 10.00 Å². The van der Waals surface area contributed by atoms with Crippen molar-refractivity contribution in [3.05, 3.63) is 59.7 Å². The molecule has 1 N–H and O–H groups in total. The second-order valence-corrected chi connectivity index (χ2v) is 5.02. The number of Topliss-reactive ketones (excluding diaryl/α,β-unsaturated/α-hetero) is 1. The van der Waals surface area contributed by atoms with Crippen LogP contribution in [0.1, 0.15) is 29.8 Å². The van der Waals surface area contributed by atoms with Gasteiger partial charge in [-0.3, -0.25) is 9.59 Å². The summed E-state index contributed by atoms with van der Waals surface area (Å²) in [7, 11) is 0. The number of benzene rings is 2. The predicted octanol–water partition coefficient (Wildman–Crippen LogP) is 3.17.